The molecule has 0 N–H and O–H groups in total. The van der Waals surface area contributed by atoms with Gasteiger partial charge in [-0.3, -0.25) is 4.79 Å². The topological polar surface area (TPSA) is 52.6 Å². The van der Waals surface area contributed by atoms with Crippen molar-refractivity contribution in [2.75, 3.05) is 6.61 Å². The number of halogens is 2. The highest BCUT2D eigenvalue weighted by atomic mass is 35.5. The number of alkyl halides is 2. The zero-order valence-electron chi connectivity index (χ0n) is 12.2. The summed E-state index contributed by atoms with van der Waals surface area (Å²) in [6, 6.07) is 0. The van der Waals surface area contributed by atoms with E-state index in [-0.39, 0.29) is 19.4 Å². The molecule has 0 radical (unpaired) electrons. The third-order valence-electron chi connectivity index (χ3n) is 3.28. The van der Waals surface area contributed by atoms with Crippen molar-refractivity contribution in [3.63, 3.8) is 0 Å². The first-order valence-electron chi connectivity index (χ1n) is 6.65. The lowest BCUT2D eigenvalue weighted by Gasteiger charge is -2.32. The summed E-state index contributed by atoms with van der Waals surface area (Å²) in [7, 11) is 0. The third-order valence-corrected chi connectivity index (χ3v) is 3.76. The molecule has 0 heterocycles. The van der Waals surface area contributed by atoms with E-state index >= 15 is 0 Å². The summed E-state index contributed by atoms with van der Waals surface area (Å²) in [5, 5.41) is -0.682. The van der Waals surface area contributed by atoms with Gasteiger partial charge in [-0.25, -0.2) is 9.18 Å². The molecule has 0 aliphatic heterocycles. The van der Waals surface area contributed by atoms with Gasteiger partial charge >= 0.3 is 11.9 Å². The normalized spacial score (nSPS) is 26.1. The van der Waals surface area contributed by atoms with Crippen LogP contribution in [0, 0.1) is 5.92 Å². The minimum absolute atomic E-state index is 0.0154. The molecule has 1 saturated carbocycles. The highest BCUT2D eigenvalue weighted by Crippen LogP contribution is 2.35. The van der Waals surface area contributed by atoms with E-state index in [1.807, 2.05) is 0 Å². The Hall–Kier alpha value is -1.36. The summed E-state index contributed by atoms with van der Waals surface area (Å²) in [5.74, 6) is -2.04. The molecule has 0 amide bonds. The monoisotopic (exact) mass is 318 g/mol. The quantitative estimate of drug-likeness (QED) is 0.444. The molecular weight excluding hydrogens is 299 g/mol. The molecule has 0 spiro atoms. The van der Waals surface area contributed by atoms with Gasteiger partial charge in [-0.15, -0.1) is 11.6 Å². The Morgan fingerprint density at radius 3 is 2.71 bits per heavy atom. The molecule has 1 aliphatic carbocycles. The van der Waals surface area contributed by atoms with E-state index in [0.717, 1.165) is 0 Å². The summed E-state index contributed by atoms with van der Waals surface area (Å²) in [5.41, 5.74) is -1.12. The van der Waals surface area contributed by atoms with Crippen molar-refractivity contribution in [1.29, 1.82) is 0 Å². The SMILES string of the molecule is C=CCOC(=O)C(C)(C)OC(=O)C1CC(=C)C(F)CC1Cl. The van der Waals surface area contributed by atoms with Crippen molar-refractivity contribution < 1.29 is 23.5 Å². The lowest BCUT2D eigenvalue weighted by molar-refractivity contribution is -0.180. The number of carbonyl (C=O) groups is 2. The molecule has 1 aliphatic rings. The van der Waals surface area contributed by atoms with Crippen molar-refractivity contribution in [3.05, 3.63) is 24.8 Å². The zero-order valence-corrected chi connectivity index (χ0v) is 13.0. The molecular formula is C15H20ClFO4. The van der Waals surface area contributed by atoms with Crippen LogP contribution in [-0.4, -0.2) is 35.7 Å². The van der Waals surface area contributed by atoms with Crippen LogP contribution in [0.15, 0.2) is 24.8 Å². The molecule has 1 fully saturated rings. The molecule has 0 aromatic carbocycles. The Labute approximate surface area is 128 Å². The first kappa shape index (κ1) is 17.7. The van der Waals surface area contributed by atoms with Gasteiger partial charge < -0.3 is 9.47 Å². The van der Waals surface area contributed by atoms with Gasteiger partial charge in [0.2, 0.25) is 5.60 Å². The maximum atomic E-state index is 13.5. The first-order chi connectivity index (χ1) is 9.69. The minimum Gasteiger partial charge on any atom is -0.459 e. The van der Waals surface area contributed by atoms with Crippen LogP contribution in [0.1, 0.15) is 26.7 Å². The maximum absolute atomic E-state index is 13.5. The smallest absolute Gasteiger partial charge is 0.350 e. The number of hydrogen-bond donors (Lipinski definition) is 0. The predicted octanol–water partition coefficient (Wildman–Crippen LogP) is 2.95. The van der Waals surface area contributed by atoms with Crippen LogP contribution in [0.25, 0.3) is 0 Å². The molecule has 4 nitrogen and oxygen atoms in total. The maximum Gasteiger partial charge on any atom is 0.350 e. The highest BCUT2D eigenvalue weighted by molar-refractivity contribution is 6.22. The van der Waals surface area contributed by atoms with Crippen LogP contribution in [0.5, 0.6) is 0 Å². The van der Waals surface area contributed by atoms with E-state index in [1.54, 1.807) is 0 Å². The van der Waals surface area contributed by atoms with Gasteiger partial charge in [0.1, 0.15) is 12.8 Å². The Kier molecular flexibility index (Phi) is 5.96. The molecule has 6 heteroatoms. The van der Waals surface area contributed by atoms with Crippen molar-refractivity contribution >= 4 is 23.5 Å². The molecule has 0 aromatic heterocycles. The van der Waals surface area contributed by atoms with Crippen molar-refractivity contribution in [2.24, 2.45) is 5.92 Å². The summed E-state index contributed by atoms with van der Waals surface area (Å²) >= 11 is 6.02. The van der Waals surface area contributed by atoms with Crippen molar-refractivity contribution in [1.82, 2.24) is 0 Å². The highest BCUT2D eigenvalue weighted by Gasteiger charge is 2.41. The molecule has 0 bridgehead atoms. The van der Waals surface area contributed by atoms with Gasteiger partial charge in [0, 0.05) is 0 Å². The van der Waals surface area contributed by atoms with E-state index in [2.05, 4.69) is 13.2 Å². The minimum atomic E-state index is -1.44. The van der Waals surface area contributed by atoms with E-state index < -0.39 is 35.0 Å². The molecule has 3 unspecified atom stereocenters. The van der Waals surface area contributed by atoms with Crippen LogP contribution in [0.4, 0.5) is 4.39 Å². The fourth-order valence-electron chi connectivity index (χ4n) is 1.98. The second-order valence-electron chi connectivity index (χ2n) is 5.51. The molecule has 21 heavy (non-hydrogen) atoms. The number of hydrogen-bond acceptors (Lipinski definition) is 4. The van der Waals surface area contributed by atoms with Crippen LogP contribution < -0.4 is 0 Å². The molecule has 3 atom stereocenters. The van der Waals surface area contributed by atoms with E-state index in [0.29, 0.717) is 5.57 Å². The number of ether oxygens (including phenoxy) is 2. The van der Waals surface area contributed by atoms with Gasteiger partial charge in [0.15, 0.2) is 0 Å². The van der Waals surface area contributed by atoms with E-state index in [9.17, 15) is 14.0 Å². The number of carbonyl (C=O) groups excluding carboxylic acids is 2. The van der Waals surface area contributed by atoms with Crippen LogP contribution in [-0.2, 0) is 19.1 Å². The van der Waals surface area contributed by atoms with Gasteiger partial charge in [-0.2, -0.15) is 0 Å². The Morgan fingerprint density at radius 1 is 1.52 bits per heavy atom. The molecule has 1 rings (SSSR count). The Bertz CT molecular complexity index is 447. The summed E-state index contributed by atoms with van der Waals surface area (Å²) < 4.78 is 23.5. The molecule has 118 valence electrons. The number of esters is 2. The van der Waals surface area contributed by atoms with Gasteiger partial charge in [-0.1, -0.05) is 19.2 Å². The van der Waals surface area contributed by atoms with Crippen molar-refractivity contribution in [3.8, 4) is 0 Å². The standard InChI is InChI=1S/C15H20ClFO4/c1-5-6-20-14(19)15(3,4)21-13(18)10-7-9(2)12(17)8-11(10)16/h5,10-12H,1-2,6-8H2,3-4H3. The summed E-state index contributed by atoms with van der Waals surface area (Å²) in [4.78, 5) is 23.9. The number of rotatable bonds is 5. The van der Waals surface area contributed by atoms with Crippen LogP contribution in [0.2, 0.25) is 0 Å². The van der Waals surface area contributed by atoms with Gasteiger partial charge in [0.25, 0.3) is 0 Å². The second-order valence-corrected chi connectivity index (χ2v) is 6.07. The first-order valence-corrected chi connectivity index (χ1v) is 7.09. The average molecular weight is 319 g/mol. The summed E-state index contributed by atoms with van der Waals surface area (Å²) in [6.45, 7) is 9.90. The third kappa shape index (κ3) is 4.56. The Morgan fingerprint density at radius 2 is 2.14 bits per heavy atom. The fraction of sp³-hybridized carbons (Fsp3) is 0.600. The van der Waals surface area contributed by atoms with Gasteiger partial charge in [-0.05, 0) is 32.3 Å². The lowest BCUT2D eigenvalue weighted by atomic mass is 9.84. The second kappa shape index (κ2) is 7.07. The molecule has 0 aromatic rings. The van der Waals surface area contributed by atoms with Crippen LogP contribution in [0.3, 0.4) is 0 Å². The van der Waals surface area contributed by atoms with Gasteiger partial charge in [0.05, 0.1) is 11.3 Å². The van der Waals surface area contributed by atoms with Crippen LogP contribution >= 0.6 is 11.6 Å². The van der Waals surface area contributed by atoms with E-state index in [4.69, 9.17) is 21.1 Å². The lowest BCUT2D eigenvalue weighted by Crippen LogP contribution is -2.43. The zero-order chi connectivity index (χ0) is 16.2. The fourth-order valence-corrected chi connectivity index (χ4v) is 2.32. The van der Waals surface area contributed by atoms with E-state index in [1.165, 1.54) is 19.9 Å². The Balaban J connectivity index is 2.69. The number of allylic oxidation sites excluding steroid dienone is 1. The predicted molar refractivity (Wildman–Crippen MR) is 77.7 cm³/mol. The summed E-state index contributed by atoms with van der Waals surface area (Å²) in [6.07, 6.45) is 0.340. The largest absolute Gasteiger partial charge is 0.459 e. The van der Waals surface area contributed by atoms with Crippen molar-refractivity contribution in [2.45, 2.75) is 43.8 Å². The average Bonchev–Trinajstić information content (AvgIpc) is 2.39. The molecule has 0 saturated heterocycles.